The molecule has 7 heteroatoms. The summed E-state index contributed by atoms with van der Waals surface area (Å²) in [6.45, 7) is 4.91. The van der Waals surface area contributed by atoms with Crippen molar-refractivity contribution in [2.24, 2.45) is 0 Å². The quantitative estimate of drug-likeness (QED) is 0.654. The minimum absolute atomic E-state index is 0.0424. The van der Waals surface area contributed by atoms with Gasteiger partial charge in [-0.15, -0.1) is 0 Å². The summed E-state index contributed by atoms with van der Waals surface area (Å²) in [6.07, 6.45) is 0.874. The summed E-state index contributed by atoms with van der Waals surface area (Å²) in [7, 11) is 2.13. The molecule has 0 unspecified atom stereocenters. The van der Waals surface area contributed by atoms with Crippen LogP contribution in [0.4, 0.5) is 10.1 Å². The van der Waals surface area contributed by atoms with Crippen LogP contribution in [-0.4, -0.2) is 56.5 Å². The zero-order chi connectivity index (χ0) is 21.3. The molecule has 3 rings (SSSR count). The molecule has 2 N–H and O–H groups in total. The van der Waals surface area contributed by atoms with E-state index in [2.05, 4.69) is 39.6 Å². The summed E-state index contributed by atoms with van der Waals surface area (Å²) in [5, 5.41) is 5.73. The lowest BCUT2D eigenvalue weighted by Crippen LogP contribution is -2.45. The molecule has 0 radical (unpaired) electrons. The van der Waals surface area contributed by atoms with Crippen LogP contribution in [0.15, 0.2) is 48.5 Å². The Morgan fingerprint density at radius 2 is 1.67 bits per heavy atom. The number of carbonyl (C=O) groups excluding carboxylic acids is 2. The molecule has 0 atom stereocenters. The molecule has 0 aromatic heterocycles. The minimum Gasteiger partial charge on any atom is -0.369 e. The number of nitrogens with one attached hydrogen (secondary N) is 2. The van der Waals surface area contributed by atoms with E-state index >= 15 is 0 Å². The molecule has 160 valence electrons. The third-order valence-corrected chi connectivity index (χ3v) is 5.28. The van der Waals surface area contributed by atoms with Gasteiger partial charge >= 0.3 is 0 Å². The molecule has 6 nitrogen and oxygen atoms in total. The van der Waals surface area contributed by atoms with Gasteiger partial charge in [0, 0.05) is 56.9 Å². The second-order valence-electron chi connectivity index (χ2n) is 7.56. The van der Waals surface area contributed by atoms with Gasteiger partial charge in [0.25, 0.3) is 5.91 Å². The zero-order valence-electron chi connectivity index (χ0n) is 17.4. The highest BCUT2D eigenvalue weighted by atomic mass is 19.1. The fraction of sp³-hybridized carbons (Fsp3) is 0.391. The number of anilines is 1. The molecule has 30 heavy (non-hydrogen) atoms. The summed E-state index contributed by atoms with van der Waals surface area (Å²) in [5.41, 5.74) is 2.69. The number of piperazine rings is 1. The van der Waals surface area contributed by atoms with E-state index in [1.165, 1.54) is 30.0 Å². The van der Waals surface area contributed by atoms with Gasteiger partial charge in [-0.3, -0.25) is 9.59 Å². The first-order valence-corrected chi connectivity index (χ1v) is 10.3. The van der Waals surface area contributed by atoms with Crippen LogP contribution in [0.2, 0.25) is 0 Å². The maximum atomic E-state index is 12.9. The van der Waals surface area contributed by atoms with Crippen LogP contribution in [0.5, 0.6) is 0 Å². The highest BCUT2D eigenvalue weighted by Crippen LogP contribution is 2.21. The van der Waals surface area contributed by atoms with E-state index in [1.54, 1.807) is 0 Å². The number of likely N-dealkylation sites (N-methyl/N-ethyl adjacent to an activating group) is 1. The summed E-state index contributed by atoms with van der Waals surface area (Å²) < 4.78 is 12.9. The van der Waals surface area contributed by atoms with Crippen molar-refractivity contribution in [3.8, 4) is 0 Å². The Balaban J connectivity index is 1.40. The molecule has 1 aliphatic rings. The number of para-hydroxylation sites is 1. The van der Waals surface area contributed by atoms with E-state index < -0.39 is 0 Å². The van der Waals surface area contributed by atoms with Gasteiger partial charge in [0.05, 0.1) is 0 Å². The molecular weight excluding hydrogens is 383 g/mol. The molecule has 0 saturated carbocycles. The van der Waals surface area contributed by atoms with Gasteiger partial charge in [0.2, 0.25) is 5.91 Å². The van der Waals surface area contributed by atoms with E-state index in [1.807, 2.05) is 12.1 Å². The normalized spacial score (nSPS) is 14.4. The van der Waals surface area contributed by atoms with Crippen LogP contribution >= 0.6 is 0 Å². The van der Waals surface area contributed by atoms with Crippen LogP contribution in [0.25, 0.3) is 0 Å². The monoisotopic (exact) mass is 412 g/mol. The first-order chi connectivity index (χ1) is 14.5. The summed E-state index contributed by atoms with van der Waals surface area (Å²) >= 11 is 0. The van der Waals surface area contributed by atoms with Gasteiger partial charge in [-0.25, -0.2) is 4.39 Å². The highest BCUT2D eigenvalue weighted by molar-refractivity contribution is 5.94. The molecule has 0 aliphatic carbocycles. The molecule has 2 aromatic carbocycles. The van der Waals surface area contributed by atoms with E-state index in [0.29, 0.717) is 31.5 Å². The van der Waals surface area contributed by atoms with Crippen molar-refractivity contribution < 1.29 is 14.0 Å². The smallest absolute Gasteiger partial charge is 0.251 e. The molecule has 2 amide bonds. The maximum absolute atomic E-state index is 12.9. The lowest BCUT2D eigenvalue weighted by atomic mass is 10.1. The van der Waals surface area contributed by atoms with E-state index in [-0.39, 0.29) is 17.6 Å². The summed E-state index contributed by atoms with van der Waals surface area (Å²) in [6, 6.07) is 13.6. The van der Waals surface area contributed by atoms with Gasteiger partial charge < -0.3 is 20.4 Å². The van der Waals surface area contributed by atoms with E-state index in [4.69, 9.17) is 0 Å². The number of hydrogen-bond donors (Lipinski definition) is 2. The molecule has 1 aliphatic heterocycles. The lowest BCUT2D eigenvalue weighted by molar-refractivity contribution is -0.121. The predicted molar refractivity (Wildman–Crippen MR) is 116 cm³/mol. The first-order valence-electron chi connectivity index (χ1n) is 10.3. The van der Waals surface area contributed by atoms with E-state index in [9.17, 15) is 14.0 Å². The average Bonchev–Trinajstić information content (AvgIpc) is 2.76. The number of amides is 2. The van der Waals surface area contributed by atoms with Gasteiger partial charge in [0.15, 0.2) is 0 Å². The molecule has 2 aromatic rings. The highest BCUT2D eigenvalue weighted by Gasteiger charge is 2.17. The number of rotatable bonds is 8. The second-order valence-corrected chi connectivity index (χ2v) is 7.56. The first kappa shape index (κ1) is 21.8. The Hall–Kier alpha value is -2.93. The van der Waals surface area contributed by atoms with Gasteiger partial charge in [-0.05, 0) is 49.4 Å². The van der Waals surface area contributed by atoms with Crippen LogP contribution in [0, 0.1) is 5.82 Å². The van der Waals surface area contributed by atoms with Crippen molar-refractivity contribution in [1.29, 1.82) is 0 Å². The lowest BCUT2D eigenvalue weighted by Gasteiger charge is -2.35. The van der Waals surface area contributed by atoms with Crippen molar-refractivity contribution in [3.05, 3.63) is 65.5 Å². The SMILES string of the molecule is CN1CCN(c2ccccc2CNC(=O)CCCNC(=O)c2ccc(F)cc2)CC1. The number of nitrogens with zero attached hydrogens (tertiary/aromatic N) is 2. The Bertz CT molecular complexity index is 849. The molecule has 1 saturated heterocycles. The van der Waals surface area contributed by atoms with Crippen LogP contribution in [0.1, 0.15) is 28.8 Å². The summed E-state index contributed by atoms with van der Waals surface area (Å²) in [5.74, 6) is -0.687. The number of carbonyl (C=O) groups is 2. The van der Waals surface area contributed by atoms with Crippen molar-refractivity contribution >= 4 is 17.5 Å². The van der Waals surface area contributed by atoms with Crippen LogP contribution < -0.4 is 15.5 Å². The standard InChI is InChI=1S/C23H29FN4O2/c1-27-13-15-28(16-14-27)21-6-3-2-5-19(21)17-26-22(29)7-4-12-25-23(30)18-8-10-20(24)11-9-18/h2-3,5-6,8-11H,4,7,12-17H2,1H3,(H,25,30)(H,26,29). The molecule has 0 spiro atoms. The number of halogens is 1. The predicted octanol–water partition coefficient (Wildman–Crippen LogP) is 2.40. The Kier molecular flexibility index (Phi) is 7.79. The maximum Gasteiger partial charge on any atom is 0.251 e. The van der Waals surface area contributed by atoms with Crippen LogP contribution in [-0.2, 0) is 11.3 Å². The van der Waals surface area contributed by atoms with Crippen molar-refractivity contribution in [2.75, 3.05) is 44.7 Å². The fourth-order valence-corrected chi connectivity index (χ4v) is 3.45. The third kappa shape index (κ3) is 6.29. The molecule has 0 bridgehead atoms. The second kappa shape index (κ2) is 10.7. The number of hydrogen-bond acceptors (Lipinski definition) is 4. The van der Waals surface area contributed by atoms with E-state index in [0.717, 1.165) is 31.7 Å². The van der Waals surface area contributed by atoms with Gasteiger partial charge in [-0.1, -0.05) is 18.2 Å². The Labute approximate surface area is 177 Å². The van der Waals surface area contributed by atoms with Crippen molar-refractivity contribution in [2.45, 2.75) is 19.4 Å². The fourth-order valence-electron chi connectivity index (χ4n) is 3.45. The van der Waals surface area contributed by atoms with Gasteiger partial charge in [-0.2, -0.15) is 0 Å². The van der Waals surface area contributed by atoms with Gasteiger partial charge in [0.1, 0.15) is 5.82 Å². The van der Waals surface area contributed by atoms with Crippen molar-refractivity contribution in [3.63, 3.8) is 0 Å². The van der Waals surface area contributed by atoms with Crippen LogP contribution in [0.3, 0.4) is 0 Å². The molecule has 1 fully saturated rings. The summed E-state index contributed by atoms with van der Waals surface area (Å²) in [4.78, 5) is 28.9. The Morgan fingerprint density at radius 1 is 0.967 bits per heavy atom. The largest absolute Gasteiger partial charge is 0.369 e. The molecule has 1 heterocycles. The zero-order valence-corrected chi connectivity index (χ0v) is 17.4. The minimum atomic E-state index is -0.377. The third-order valence-electron chi connectivity index (χ3n) is 5.28. The molecular formula is C23H29FN4O2. The van der Waals surface area contributed by atoms with Crippen molar-refractivity contribution in [1.82, 2.24) is 15.5 Å². The number of benzene rings is 2. The average molecular weight is 413 g/mol. The topological polar surface area (TPSA) is 64.7 Å². The Morgan fingerprint density at radius 3 is 2.40 bits per heavy atom.